The second-order valence-electron chi connectivity index (χ2n) is 9.63. The molecule has 1 N–H and O–H groups in total. The first kappa shape index (κ1) is 22.5. The molecule has 0 radical (unpaired) electrons. The molecule has 1 aromatic rings. The largest absolute Gasteiger partial charge is 0.494 e. The Balaban J connectivity index is 1.43. The SMILES string of the molecule is CC(C)CCOc1ccc(NC(=O)[C@H]2O[C@@H]3OC(C)(C)O[C@@H]3[C@H]3OC(C)(C)O[C@H]32)cc1. The van der Waals surface area contributed by atoms with Gasteiger partial charge in [0.2, 0.25) is 0 Å². The van der Waals surface area contributed by atoms with Crippen LogP contribution in [0.3, 0.4) is 0 Å². The molecule has 1 aromatic carbocycles. The molecule has 3 heterocycles. The predicted molar refractivity (Wildman–Crippen MR) is 113 cm³/mol. The molecule has 3 aliphatic heterocycles. The Hall–Kier alpha value is -1.71. The lowest BCUT2D eigenvalue weighted by atomic mass is 9.98. The minimum absolute atomic E-state index is 0.323. The third kappa shape index (κ3) is 5.04. The molecule has 8 heteroatoms. The van der Waals surface area contributed by atoms with Gasteiger partial charge < -0.3 is 33.7 Å². The van der Waals surface area contributed by atoms with Crippen LogP contribution in [-0.2, 0) is 28.5 Å². The lowest BCUT2D eigenvalue weighted by Gasteiger charge is -2.36. The van der Waals surface area contributed by atoms with E-state index in [2.05, 4.69) is 19.2 Å². The van der Waals surface area contributed by atoms with Crippen molar-refractivity contribution in [2.75, 3.05) is 11.9 Å². The van der Waals surface area contributed by atoms with E-state index in [0.29, 0.717) is 18.2 Å². The summed E-state index contributed by atoms with van der Waals surface area (Å²) in [5.41, 5.74) is 0.644. The molecule has 0 unspecified atom stereocenters. The fourth-order valence-electron chi connectivity index (χ4n) is 4.08. The van der Waals surface area contributed by atoms with Crippen LogP contribution in [0.5, 0.6) is 5.75 Å². The first-order valence-corrected chi connectivity index (χ1v) is 10.9. The summed E-state index contributed by atoms with van der Waals surface area (Å²) in [4.78, 5) is 13.1. The maximum Gasteiger partial charge on any atom is 0.256 e. The molecule has 3 aliphatic rings. The van der Waals surface area contributed by atoms with Gasteiger partial charge in [-0.25, -0.2) is 0 Å². The average molecular weight is 436 g/mol. The molecule has 0 bridgehead atoms. The molecule has 5 atom stereocenters. The summed E-state index contributed by atoms with van der Waals surface area (Å²) < 4.78 is 35.6. The second-order valence-corrected chi connectivity index (χ2v) is 9.63. The summed E-state index contributed by atoms with van der Waals surface area (Å²) in [6, 6.07) is 7.29. The maximum atomic E-state index is 13.1. The van der Waals surface area contributed by atoms with Crippen LogP contribution in [0, 0.1) is 5.92 Å². The zero-order valence-corrected chi connectivity index (χ0v) is 19.0. The Bertz CT molecular complexity index is 792. The molecule has 172 valence electrons. The normalized spacial score (nSPS) is 33.1. The van der Waals surface area contributed by atoms with Gasteiger partial charge in [-0.2, -0.15) is 0 Å². The van der Waals surface area contributed by atoms with Crippen LogP contribution in [-0.4, -0.2) is 54.8 Å². The number of carbonyl (C=O) groups is 1. The van der Waals surface area contributed by atoms with Gasteiger partial charge in [0.25, 0.3) is 5.91 Å². The van der Waals surface area contributed by atoms with Gasteiger partial charge in [0.05, 0.1) is 6.61 Å². The van der Waals surface area contributed by atoms with Crippen molar-refractivity contribution in [3.63, 3.8) is 0 Å². The fraction of sp³-hybridized carbons (Fsp3) is 0.696. The number of rotatable bonds is 6. The van der Waals surface area contributed by atoms with Crippen LogP contribution < -0.4 is 10.1 Å². The molecule has 0 saturated carbocycles. The molecule has 0 aromatic heterocycles. The maximum absolute atomic E-state index is 13.1. The molecule has 1 amide bonds. The van der Waals surface area contributed by atoms with E-state index in [4.69, 9.17) is 28.4 Å². The van der Waals surface area contributed by atoms with E-state index in [1.165, 1.54) is 0 Å². The fourth-order valence-corrected chi connectivity index (χ4v) is 4.08. The first-order valence-electron chi connectivity index (χ1n) is 10.9. The van der Waals surface area contributed by atoms with Crippen molar-refractivity contribution < 1.29 is 33.2 Å². The summed E-state index contributed by atoms with van der Waals surface area (Å²) in [6.45, 7) is 12.2. The van der Waals surface area contributed by atoms with Crippen molar-refractivity contribution in [3.05, 3.63) is 24.3 Å². The highest BCUT2D eigenvalue weighted by Crippen LogP contribution is 2.44. The standard InChI is InChI=1S/C23H33NO7/c1-13(2)11-12-26-15-9-7-14(8-10-15)24-20(25)18-16-17(29-22(3,4)28-16)19-21(27-18)31-23(5,6)30-19/h7-10,13,16-19,21H,11-12H2,1-6H3,(H,24,25)/t16-,17+,18+,19-,21-/m1/s1. The molecule has 3 saturated heterocycles. The van der Waals surface area contributed by atoms with Crippen LogP contribution in [0.25, 0.3) is 0 Å². The highest BCUT2D eigenvalue weighted by molar-refractivity contribution is 5.94. The van der Waals surface area contributed by atoms with E-state index < -0.39 is 42.3 Å². The van der Waals surface area contributed by atoms with E-state index >= 15 is 0 Å². The predicted octanol–water partition coefficient (Wildman–Crippen LogP) is 3.45. The minimum atomic E-state index is -0.896. The monoisotopic (exact) mass is 435 g/mol. The average Bonchev–Trinajstić information content (AvgIpc) is 3.16. The van der Waals surface area contributed by atoms with Gasteiger partial charge in [-0.1, -0.05) is 13.8 Å². The first-order chi connectivity index (χ1) is 14.5. The number of ether oxygens (including phenoxy) is 6. The van der Waals surface area contributed by atoms with Gasteiger partial charge in [-0.05, 0) is 64.3 Å². The van der Waals surface area contributed by atoms with Gasteiger partial charge in [0.15, 0.2) is 24.0 Å². The highest BCUT2D eigenvalue weighted by Gasteiger charge is 2.62. The summed E-state index contributed by atoms with van der Waals surface area (Å²) in [5, 5.41) is 2.90. The van der Waals surface area contributed by atoms with Crippen molar-refractivity contribution in [2.45, 2.75) is 90.2 Å². The lowest BCUT2D eigenvalue weighted by Crippen LogP contribution is -2.58. The molecule has 31 heavy (non-hydrogen) atoms. The number of nitrogens with one attached hydrogen (secondary N) is 1. The number of benzene rings is 1. The zero-order valence-electron chi connectivity index (χ0n) is 19.0. The van der Waals surface area contributed by atoms with Gasteiger partial charge in [0.1, 0.15) is 24.1 Å². The smallest absolute Gasteiger partial charge is 0.256 e. The summed E-state index contributed by atoms with van der Waals surface area (Å²) >= 11 is 0. The van der Waals surface area contributed by atoms with Gasteiger partial charge in [0, 0.05) is 5.69 Å². The highest BCUT2D eigenvalue weighted by atomic mass is 16.9. The lowest BCUT2D eigenvalue weighted by molar-refractivity contribution is -0.229. The van der Waals surface area contributed by atoms with Gasteiger partial charge in [-0.3, -0.25) is 4.79 Å². The number of carbonyl (C=O) groups excluding carboxylic acids is 1. The van der Waals surface area contributed by atoms with Crippen molar-refractivity contribution in [2.24, 2.45) is 5.92 Å². The Morgan fingerprint density at radius 2 is 1.58 bits per heavy atom. The second kappa shape index (κ2) is 8.33. The summed E-state index contributed by atoms with van der Waals surface area (Å²) in [7, 11) is 0. The third-order valence-electron chi connectivity index (χ3n) is 5.50. The van der Waals surface area contributed by atoms with Gasteiger partial charge in [-0.15, -0.1) is 0 Å². The topological polar surface area (TPSA) is 84.5 Å². The van der Waals surface area contributed by atoms with Crippen molar-refractivity contribution in [1.29, 1.82) is 0 Å². The minimum Gasteiger partial charge on any atom is -0.494 e. The van der Waals surface area contributed by atoms with Crippen LogP contribution in [0.4, 0.5) is 5.69 Å². The molecular weight excluding hydrogens is 402 g/mol. The van der Waals surface area contributed by atoms with E-state index in [-0.39, 0.29) is 5.91 Å². The molecule has 3 fully saturated rings. The summed E-state index contributed by atoms with van der Waals surface area (Å²) in [5.74, 6) is -0.645. The van der Waals surface area contributed by atoms with E-state index in [1.54, 1.807) is 12.1 Å². The number of anilines is 1. The number of amides is 1. The van der Waals surface area contributed by atoms with E-state index in [1.807, 2.05) is 39.8 Å². The Labute approximate surface area is 183 Å². The van der Waals surface area contributed by atoms with Crippen LogP contribution in [0.1, 0.15) is 48.0 Å². The third-order valence-corrected chi connectivity index (χ3v) is 5.50. The number of hydrogen-bond donors (Lipinski definition) is 1. The van der Waals surface area contributed by atoms with Gasteiger partial charge >= 0.3 is 0 Å². The van der Waals surface area contributed by atoms with E-state index in [0.717, 1.165) is 12.2 Å². The quantitative estimate of drug-likeness (QED) is 0.733. The Kier molecular flexibility index (Phi) is 6.04. The van der Waals surface area contributed by atoms with Crippen molar-refractivity contribution in [3.8, 4) is 5.75 Å². The molecule has 8 nitrogen and oxygen atoms in total. The molecule has 0 spiro atoms. The zero-order chi connectivity index (χ0) is 22.4. The van der Waals surface area contributed by atoms with Crippen LogP contribution in [0.15, 0.2) is 24.3 Å². The van der Waals surface area contributed by atoms with Crippen LogP contribution >= 0.6 is 0 Å². The molecule has 0 aliphatic carbocycles. The summed E-state index contributed by atoms with van der Waals surface area (Å²) in [6.07, 6.45) is -2.15. The Morgan fingerprint density at radius 1 is 0.968 bits per heavy atom. The number of fused-ring (bicyclic) bond motifs is 3. The molecule has 4 rings (SSSR count). The Morgan fingerprint density at radius 3 is 2.26 bits per heavy atom. The van der Waals surface area contributed by atoms with Crippen molar-refractivity contribution in [1.82, 2.24) is 0 Å². The molecular formula is C23H33NO7. The number of hydrogen-bond acceptors (Lipinski definition) is 7. The van der Waals surface area contributed by atoms with Crippen LogP contribution in [0.2, 0.25) is 0 Å². The van der Waals surface area contributed by atoms with Crippen molar-refractivity contribution >= 4 is 11.6 Å². The van der Waals surface area contributed by atoms with E-state index in [9.17, 15) is 4.79 Å².